The van der Waals surface area contributed by atoms with Gasteiger partial charge in [0.2, 0.25) is 0 Å². The number of nitrogens with zero attached hydrogens (tertiary/aromatic N) is 1. The summed E-state index contributed by atoms with van der Waals surface area (Å²) in [6.45, 7) is 0. The monoisotopic (exact) mass is 230 g/mol. The van der Waals surface area contributed by atoms with Crippen molar-refractivity contribution in [1.29, 1.82) is 0 Å². The molecule has 3 rings (SSSR count). The molecule has 1 heterocycles. The van der Waals surface area contributed by atoms with E-state index in [1.54, 1.807) is 6.20 Å². The molecule has 0 saturated carbocycles. The maximum Gasteiger partial charge on any atom is 0.0346 e. The maximum atomic E-state index is 4.19. The van der Waals surface area contributed by atoms with E-state index in [0.717, 1.165) is 5.56 Å². The third kappa shape index (κ3) is 2.03. The Morgan fingerprint density at radius 3 is 2.11 bits per heavy atom. The molecule has 0 amide bonds. The first-order chi connectivity index (χ1) is 8.95. The standard InChI is InChI=1S/C17H12N/c1-2-7-14(8-3-1)16-10-4-5-11-17(16)15-9-6-12-18-13-15/h2-13H. The third-order valence-corrected chi connectivity index (χ3v) is 2.93. The molecule has 0 aliphatic rings. The molecule has 1 radical (unpaired) electrons. The summed E-state index contributed by atoms with van der Waals surface area (Å²) < 4.78 is 0. The number of hydrogen-bond donors (Lipinski definition) is 0. The second kappa shape index (κ2) is 4.84. The van der Waals surface area contributed by atoms with Gasteiger partial charge in [-0.3, -0.25) is 4.98 Å². The molecule has 0 atom stereocenters. The van der Waals surface area contributed by atoms with Gasteiger partial charge in [0.15, 0.2) is 0 Å². The van der Waals surface area contributed by atoms with Crippen LogP contribution in [0.25, 0.3) is 22.3 Å². The van der Waals surface area contributed by atoms with Crippen LogP contribution in [0.4, 0.5) is 0 Å². The Bertz CT molecular complexity index is 572. The van der Waals surface area contributed by atoms with Crippen LogP contribution in [-0.4, -0.2) is 4.98 Å². The molecule has 0 unspecified atom stereocenters. The average molecular weight is 230 g/mol. The number of benzene rings is 2. The van der Waals surface area contributed by atoms with Crippen LogP contribution in [-0.2, 0) is 0 Å². The summed E-state index contributed by atoms with van der Waals surface area (Å²) in [5.74, 6) is 0. The minimum absolute atomic E-state index is 1.14. The van der Waals surface area contributed by atoms with E-state index in [4.69, 9.17) is 0 Å². The predicted octanol–water partition coefficient (Wildman–Crippen LogP) is 4.22. The highest BCUT2D eigenvalue weighted by atomic mass is 14.6. The quantitative estimate of drug-likeness (QED) is 0.642. The molecule has 0 aliphatic heterocycles. The van der Waals surface area contributed by atoms with Crippen molar-refractivity contribution in [3.05, 3.63) is 79.1 Å². The molecule has 0 saturated heterocycles. The molecule has 2 aromatic carbocycles. The van der Waals surface area contributed by atoms with Gasteiger partial charge in [-0.1, -0.05) is 54.6 Å². The van der Waals surface area contributed by atoms with Crippen LogP contribution in [0.1, 0.15) is 0 Å². The second-order valence-corrected chi connectivity index (χ2v) is 4.08. The van der Waals surface area contributed by atoms with Gasteiger partial charge in [0.1, 0.15) is 0 Å². The maximum absolute atomic E-state index is 4.19. The highest BCUT2D eigenvalue weighted by Gasteiger charge is 2.05. The third-order valence-electron chi connectivity index (χ3n) is 2.93. The first kappa shape index (κ1) is 10.7. The minimum atomic E-state index is 1.14. The van der Waals surface area contributed by atoms with E-state index in [1.807, 2.05) is 24.4 Å². The Kier molecular flexibility index (Phi) is 2.89. The summed E-state index contributed by atoms with van der Waals surface area (Å²) in [5, 5.41) is 0. The van der Waals surface area contributed by atoms with Crippen molar-refractivity contribution in [3.63, 3.8) is 0 Å². The normalized spacial score (nSPS) is 10.2. The van der Waals surface area contributed by atoms with E-state index in [-0.39, 0.29) is 0 Å². The Morgan fingerprint density at radius 2 is 1.44 bits per heavy atom. The highest BCUT2D eigenvalue weighted by Crippen LogP contribution is 2.30. The largest absolute Gasteiger partial charge is 0.264 e. The van der Waals surface area contributed by atoms with Crippen LogP contribution in [0.2, 0.25) is 0 Å². The Morgan fingerprint density at radius 1 is 0.722 bits per heavy atom. The first-order valence-corrected chi connectivity index (χ1v) is 5.91. The van der Waals surface area contributed by atoms with E-state index in [2.05, 4.69) is 53.5 Å². The van der Waals surface area contributed by atoms with Crippen molar-refractivity contribution < 1.29 is 0 Å². The van der Waals surface area contributed by atoms with E-state index < -0.39 is 0 Å². The van der Waals surface area contributed by atoms with Gasteiger partial charge in [0.25, 0.3) is 0 Å². The van der Waals surface area contributed by atoms with Crippen molar-refractivity contribution in [1.82, 2.24) is 4.98 Å². The highest BCUT2D eigenvalue weighted by molar-refractivity contribution is 5.82. The summed E-state index contributed by atoms with van der Waals surface area (Å²) in [5.41, 5.74) is 4.77. The van der Waals surface area contributed by atoms with Gasteiger partial charge >= 0.3 is 0 Å². The molecule has 1 nitrogen and oxygen atoms in total. The van der Waals surface area contributed by atoms with Crippen LogP contribution in [0, 0.1) is 6.07 Å². The predicted molar refractivity (Wildman–Crippen MR) is 73.9 cm³/mol. The van der Waals surface area contributed by atoms with Crippen LogP contribution < -0.4 is 0 Å². The molecule has 0 aliphatic carbocycles. The molecule has 18 heavy (non-hydrogen) atoms. The fraction of sp³-hybridized carbons (Fsp3) is 0. The van der Waals surface area contributed by atoms with Gasteiger partial charge in [-0.05, 0) is 28.8 Å². The average Bonchev–Trinajstić information content (AvgIpc) is 2.49. The Balaban J connectivity index is 2.18. The zero-order chi connectivity index (χ0) is 12.2. The molecular weight excluding hydrogens is 218 g/mol. The lowest BCUT2D eigenvalue weighted by Crippen LogP contribution is -1.85. The van der Waals surface area contributed by atoms with Gasteiger partial charge < -0.3 is 0 Å². The van der Waals surface area contributed by atoms with Gasteiger partial charge in [-0.25, -0.2) is 0 Å². The SMILES string of the molecule is [c]1ccc(-c2ccccc2-c2cccnc2)cc1. The lowest BCUT2D eigenvalue weighted by molar-refractivity contribution is 1.33. The summed E-state index contributed by atoms with van der Waals surface area (Å²) in [7, 11) is 0. The van der Waals surface area contributed by atoms with Gasteiger partial charge in [-0.2, -0.15) is 0 Å². The summed E-state index contributed by atoms with van der Waals surface area (Å²) >= 11 is 0. The van der Waals surface area contributed by atoms with Crippen molar-refractivity contribution in [2.24, 2.45) is 0 Å². The van der Waals surface area contributed by atoms with E-state index in [9.17, 15) is 0 Å². The Labute approximate surface area is 107 Å². The molecular formula is C17H12N. The van der Waals surface area contributed by atoms with E-state index in [0.29, 0.717) is 0 Å². The van der Waals surface area contributed by atoms with Crippen LogP contribution >= 0.6 is 0 Å². The molecule has 0 bridgehead atoms. The molecule has 85 valence electrons. The number of hydrogen-bond acceptors (Lipinski definition) is 1. The minimum Gasteiger partial charge on any atom is -0.264 e. The van der Waals surface area contributed by atoms with Crippen LogP contribution in [0.3, 0.4) is 0 Å². The van der Waals surface area contributed by atoms with Gasteiger partial charge in [0.05, 0.1) is 0 Å². The summed E-state index contributed by atoms with van der Waals surface area (Å²) in [6, 6.07) is 23.5. The van der Waals surface area contributed by atoms with Crippen LogP contribution in [0.5, 0.6) is 0 Å². The molecule has 0 fully saturated rings. The summed E-state index contributed by atoms with van der Waals surface area (Å²) in [4.78, 5) is 4.19. The van der Waals surface area contributed by atoms with E-state index in [1.165, 1.54) is 16.7 Å². The van der Waals surface area contributed by atoms with Crippen molar-refractivity contribution in [2.75, 3.05) is 0 Å². The van der Waals surface area contributed by atoms with Crippen LogP contribution in [0.15, 0.2) is 73.1 Å². The molecule has 0 spiro atoms. The number of rotatable bonds is 2. The fourth-order valence-electron chi connectivity index (χ4n) is 2.08. The Hall–Kier alpha value is -2.41. The molecule has 1 heteroatoms. The van der Waals surface area contributed by atoms with Crippen molar-refractivity contribution >= 4 is 0 Å². The smallest absolute Gasteiger partial charge is 0.0346 e. The van der Waals surface area contributed by atoms with Crippen molar-refractivity contribution in [2.45, 2.75) is 0 Å². The zero-order valence-electron chi connectivity index (χ0n) is 9.88. The molecule has 3 aromatic rings. The fourth-order valence-corrected chi connectivity index (χ4v) is 2.08. The molecule has 0 N–H and O–H groups in total. The molecule has 1 aromatic heterocycles. The first-order valence-electron chi connectivity index (χ1n) is 5.91. The lowest BCUT2D eigenvalue weighted by Gasteiger charge is -2.09. The zero-order valence-corrected chi connectivity index (χ0v) is 9.88. The van der Waals surface area contributed by atoms with Gasteiger partial charge in [-0.15, -0.1) is 0 Å². The second-order valence-electron chi connectivity index (χ2n) is 4.08. The number of pyridine rings is 1. The van der Waals surface area contributed by atoms with E-state index >= 15 is 0 Å². The topological polar surface area (TPSA) is 12.9 Å². The van der Waals surface area contributed by atoms with Gasteiger partial charge in [0, 0.05) is 18.0 Å². The number of aromatic nitrogens is 1. The van der Waals surface area contributed by atoms with Crippen molar-refractivity contribution in [3.8, 4) is 22.3 Å². The summed E-state index contributed by atoms with van der Waals surface area (Å²) in [6.07, 6.45) is 3.69. The lowest BCUT2D eigenvalue weighted by atomic mass is 9.96.